The van der Waals surface area contributed by atoms with Crippen molar-refractivity contribution in [2.75, 3.05) is 13.6 Å². The van der Waals surface area contributed by atoms with Gasteiger partial charge in [-0.2, -0.15) is 0 Å². The Hall–Kier alpha value is -1.49. The summed E-state index contributed by atoms with van der Waals surface area (Å²) in [5.74, 6) is 0.0636. The highest BCUT2D eigenvalue weighted by Gasteiger charge is 2.38. The van der Waals surface area contributed by atoms with Crippen molar-refractivity contribution >= 4 is 23.6 Å². The normalized spacial score (nSPS) is 24.6. The third-order valence-corrected chi connectivity index (χ3v) is 5.31. The van der Waals surface area contributed by atoms with Gasteiger partial charge in [-0.25, -0.2) is 0 Å². The molecule has 1 fully saturated rings. The fourth-order valence-corrected chi connectivity index (χ4v) is 4.24. The Morgan fingerprint density at radius 3 is 2.90 bits per heavy atom. The van der Waals surface area contributed by atoms with Crippen molar-refractivity contribution in [1.29, 1.82) is 0 Å². The van der Waals surface area contributed by atoms with E-state index in [9.17, 15) is 9.59 Å². The number of carbonyl (C=O) groups excluding carboxylic acids is 2. The summed E-state index contributed by atoms with van der Waals surface area (Å²) >= 11 is 1.63. The molecule has 106 valence electrons. The number of rotatable bonds is 2. The van der Waals surface area contributed by atoms with E-state index in [-0.39, 0.29) is 23.1 Å². The smallest absolute Gasteiger partial charge is 0.242 e. The molecule has 2 aliphatic heterocycles. The molecule has 2 heterocycles. The van der Waals surface area contributed by atoms with Crippen LogP contribution < -0.4 is 5.32 Å². The maximum absolute atomic E-state index is 12.7. The summed E-state index contributed by atoms with van der Waals surface area (Å²) in [5.41, 5.74) is 1.24. The van der Waals surface area contributed by atoms with Crippen molar-refractivity contribution in [3.63, 3.8) is 0 Å². The number of nitrogens with zero attached hydrogens (tertiary/aromatic N) is 1. The lowest BCUT2D eigenvalue weighted by molar-refractivity contribution is -0.137. The van der Waals surface area contributed by atoms with Crippen molar-refractivity contribution in [2.24, 2.45) is 0 Å². The van der Waals surface area contributed by atoms with Gasteiger partial charge in [0, 0.05) is 18.5 Å². The van der Waals surface area contributed by atoms with Crippen LogP contribution in [0.2, 0.25) is 0 Å². The van der Waals surface area contributed by atoms with Crippen LogP contribution in [0.1, 0.15) is 18.4 Å². The molecule has 20 heavy (non-hydrogen) atoms. The lowest BCUT2D eigenvalue weighted by Gasteiger charge is -2.25. The fourth-order valence-electron chi connectivity index (χ4n) is 2.97. The van der Waals surface area contributed by atoms with Gasteiger partial charge in [0.15, 0.2) is 0 Å². The van der Waals surface area contributed by atoms with Crippen LogP contribution in [0.4, 0.5) is 0 Å². The first-order valence-electron chi connectivity index (χ1n) is 6.97. The molecule has 2 atom stereocenters. The van der Waals surface area contributed by atoms with E-state index < -0.39 is 0 Å². The van der Waals surface area contributed by atoms with Gasteiger partial charge in [-0.15, -0.1) is 11.8 Å². The number of benzene rings is 1. The minimum Gasteiger partial charge on any atom is -0.357 e. The van der Waals surface area contributed by atoms with Crippen LogP contribution in [0, 0.1) is 0 Å². The van der Waals surface area contributed by atoms with Crippen LogP contribution in [0.15, 0.2) is 29.2 Å². The molecule has 4 nitrogen and oxygen atoms in total. The predicted molar refractivity (Wildman–Crippen MR) is 78.6 cm³/mol. The average molecular weight is 290 g/mol. The van der Waals surface area contributed by atoms with Gasteiger partial charge in [0.1, 0.15) is 6.04 Å². The standard InChI is InChI=1S/C15H18N2O2S/c1-16-14(18)11-6-4-8-17(11)15(19)13-9-10-5-2-3-7-12(10)20-13/h2-3,5,7,11,13H,4,6,8-9H2,1H3,(H,16,18)/t11-,13+/m1/s1. The number of amides is 2. The molecule has 5 heteroatoms. The molecule has 0 radical (unpaired) electrons. The maximum atomic E-state index is 12.7. The summed E-state index contributed by atoms with van der Waals surface area (Å²) in [4.78, 5) is 27.5. The molecule has 1 N–H and O–H groups in total. The van der Waals surface area contributed by atoms with E-state index in [0.29, 0.717) is 6.54 Å². The molecule has 1 saturated heterocycles. The highest BCUT2D eigenvalue weighted by molar-refractivity contribution is 8.01. The van der Waals surface area contributed by atoms with Gasteiger partial charge in [0.2, 0.25) is 11.8 Å². The molecule has 2 aliphatic rings. The molecule has 0 aliphatic carbocycles. The van der Waals surface area contributed by atoms with Gasteiger partial charge in [-0.1, -0.05) is 18.2 Å². The highest BCUT2D eigenvalue weighted by atomic mass is 32.2. The SMILES string of the molecule is CNC(=O)[C@H]1CCCN1C(=O)[C@@H]1Cc2ccccc2S1. The van der Waals surface area contributed by atoms with Crippen LogP contribution in [-0.4, -0.2) is 41.6 Å². The van der Waals surface area contributed by atoms with Gasteiger partial charge in [0.25, 0.3) is 0 Å². The minimum atomic E-state index is -0.281. The zero-order valence-electron chi connectivity index (χ0n) is 11.5. The third kappa shape index (κ3) is 2.30. The summed E-state index contributed by atoms with van der Waals surface area (Å²) in [6, 6.07) is 7.87. The van der Waals surface area contributed by atoms with Gasteiger partial charge >= 0.3 is 0 Å². The van der Waals surface area contributed by atoms with E-state index in [1.807, 2.05) is 12.1 Å². The number of nitrogens with one attached hydrogen (secondary N) is 1. The quantitative estimate of drug-likeness (QED) is 0.896. The lowest BCUT2D eigenvalue weighted by Crippen LogP contribution is -2.47. The molecular weight excluding hydrogens is 272 g/mol. The number of likely N-dealkylation sites (tertiary alicyclic amines) is 1. The largest absolute Gasteiger partial charge is 0.357 e. The number of carbonyl (C=O) groups is 2. The fraction of sp³-hybridized carbons (Fsp3) is 0.467. The van der Waals surface area contributed by atoms with Gasteiger partial charge in [-0.05, 0) is 30.9 Å². The van der Waals surface area contributed by atoms with Crippen molar-refractivity contribution in [1.82, 2.24) is 10.2 Å². The first kappa shape index (κ1) is 13.5. The maximum Gasteiger partial charge on any atom is 0.242 e. The van der Waals surface area contributed by atoms with E-state index >= 15 is 0 Å². The number of thioether (sulfide) groups is 1. The van der Waals surface area contributed by atoms with Crippen LogP contribution in [0.5, 0.6) is 0 Å². The number of fused-ring (bicyclic) bond motifs is 1. The summed E-state index contributed by atoms with van der Waals surface area (Å²) < 4.78 is 0. The second kappa shape index (κ2) is 5.48. The van der Waals surface area contributed by atoms with Crippen LogP contribution in [0.25, 0.3) is 0 Å². The molecule has 0 spiro atoms. The summed E-state index contributed by atoms with van der Waals surface area (Å²) in [6.07, 6.45) is 2.46. The molecule has 0 aromatic heterocycles. The Morgan fingerprint density at radius 1 is 1.35 bits per heavy atom. The van der Waals surface area contributed by atoms with Gasteiger partial charge < -0.3 is 10.2 Å². The zero-order valence-corrected chi connectivity index (χ0v) is 12.3. The van der Waals surface area contributed by atoms with Crippen molar-refractivity contribution in [3.05, 3.63) is 29.8 Å². The second-order valence-corrected chi connectivity index (χ2v) is 6.47. The molecular formula is C15H18N2O2S. The van der Waals surface area contributed by atoms with Crippen LogP contribution in [0.3, 0.4) is 0 Å². The Kier molecular flexibility index (Phi) is 3.70. The van der Waals surface area contributed by atoms with E-state index in [0.717, 1.165) is 19.3 Å². The third-order valence-electron chi connectivity index (χ3n) is 4.01. The summed E-state index contributed by atoms with van der Waals surface area (Å²) in [7, 11) is 1.63. The van der Waals surface area contributed by atoms with Gasteiger partial charge in [-0.3, -0.25) is 9.59 Å². The van der Waals surface area contributed by atoms with Gasteiger partial charge in [0.05, 0.1) is 5.25 Å². The topological polar surface area (TPSA) is 49.4 Å². The molecule has 3 rings (SSSR count). The summed E-state index contributed by atoms with van der Waals surface area (Å²) in [6.45, 7) is 0.699. The molecule has 0 saturated carbocycles. The monoisotopic (exact) mass is 290 g/mol. The zero-order chi connectivity index (χ0) is 14.1. The Balaban J connectivity index is 1.73. The van der Waals surface area contributed by atoms with E-state index in [1.54, 1.807) is 23.7 Å². The molecule has 1 aromatic carbocycles. The van der Waals surface area contributed by atoms with E-state index in [2.05, 4.69) is 17.4 Å². The molecule has 1 aromatic rings. The number of hydrogen-bond acceptors (Lipinski definition) is 3. The van der Waals surface area contributed by atoms with E-state index in [1.165, 1.54) is 10.5 Å². The lowest BCUT2D eigenvalue weighted by atomic mass is 10.1. The average Bonchev–Trinajstić information content (AvgIpc) is 3.11. The second-order valence-electron chi connectivity index (χ2n) is 5.22. The molecule has 0 bridgehead atoms. The van der Waals surface area contributed by atoms with Crippen molar-refractivity contribution in [3.8, 4) is 0 Å². The highest BCUT2D eigenvalue weighted by Crippen LogP contribution is 2.38. The predicted octanol–water partition coefficient (Wildman–Crippen LogP) is 1.44. The Bertz CT molecular complexity index is 521. The Labute approximate surface area is 122 Å². The molecule has 2 amide bonds. The van der Waals surface area contributed by atoms with Crippen molar-refractivity contribution < 1.29 is 9.59 Å². The minimum absolute atomic E-state index is 0.0450. The van der Waals surface area contributed by atoms with E-state index in [4.69, 9.17) is 0 Å². The first-order chi connectivity index (χ1) is 9.70. The van der Waals surface area contributed by atoms with Crippen LogP contribution >= 0.6 is 11.8 Å². The first-order valence-corrected chi connectivity index (χ1v) is 7.85. The number of likely N-dealkylation sites (N-methyl/N-ethyl adjacent to an activating group) is 1. The summed E-state index contributed by atoms with van der Waals surface area (Å²) in [5, 5.41) is 2.59. The Morgan fingerprint density at radius 2 is 2.15 bits per heavy atom. The van der Waals surface area contributed by atoms with Crippen LogP contribution in [-0.2, 0) is 16.0 Å². The molecule has 0 unspecified atom stereocenters. The number of hydrogen-bond donors (Lipinski definition) is 1. The van der Waals surface area contributed by atoms with Crippen molar-refractivity contribution in [2.45, 2.75) is 35.4 Å².